The Kier molecular flexibility index (Phi) is 9.99. The number of hydrogen-bond donors (Lipinski definition) is 1. The average Bonchev–Trinajstić information content (AvgIpc) is 2.90. The van der Waals surface area contributed by atoms with E-state index >= 15 is 0 Å². The monoisotopic (exact) mass is 516 g/mol. The fourth-order valence-electron chi connectivity index (χ4n) is 3.84. The zero-order valence-corrected chi connectivity index (χ0v) is 22.5. The van der Waals surface area contributed by atoms with Crippen LogP contribution in [0.3, 0.4) is 0 Å². The molecular weight excluding hydrogens is 480 g/mol. The molecule has 1 heterocycles. The summed E-state index contributed by atoms with van der Waals surface area (Å²) in [7, 11) is 1.55. The number of likely N-dealkylation sites (N-methyl/N-ethyl adjacent to an activating group) is 1. The van der Waals surface area contributed by atoms with Crippen LogP contribution in [0.5, 0.6) is 0 Å². The lowest BCUT2D eigenvalue weighted by atomic mass is 10.0. The van der Waals surface area contributed by atoms with Gasteiger partial charge in [-0.2, -0.15) is 0 Å². The lowest BCUT2D eigenvalue weighted by Gasteiger charge is -2.35. The van der Waals surface area contributed by atoms with E-state index in [0.29, 0.717) is 6.42 Å². The van der Waals surface area contributed by atoms with E-state index in [1.807, 2.05) is 99.6 Å². The Hall–Kier alpha value is -4.20. The largest absolute Gasteiger partial charge is 0.445 e. The van der Waals surface area contributed by atoms with Crippen LogP contribution >= 0.6 is 0 Å². The molecule has 0 radical (unpaired) electrons. The molecule has 1 atom stereocenters. The van der Waals surface area contributed by atoms with E-state index in [2.05, 4.69) is 10.3 Å². The number of ether oxygens (including phenoxy) is 1. The molecule has 200 valence electrons. The summed E-state index contributed by atoms with van der Waals surface area (Å²) >= 11 is 0. The van der Waals surface area contributed by atoms with Crippen molar-refractivity contribution in [1.82, 2.24) is 20.1 Å². The number of pyridine rings is 1. The lowest BCUT2D eigenvalue weighted by molar-refractivity contribution is -0.136. The van der Waals surface area contributed by atoms with Crippen molar-refractivity contribution in [1.29, 1.82) is 0 Å². The summed E-state index contributed by atoms with van der Waals surface area (Å²) in [5.74, 6) is -0.674. The summed E-state index contributed by atoms with van der Waals surface area (Å²) in [6, 6.07) is 24.4. The minimum atomic E-state index is -0.659. The molecule has 38 heavy (non-hydrogen) atoms. The molecule has 0 fully saturated rings. The van der Waals surface area contributed by atoms with Gasteiger partial charge < -0.3 is 15.0 Å². The first-order chi connectivity index (χ1) is 18.1. The summed E-state index contributed by atoms with van der Waals surface area (Å²) < 4.78 is 5.47. The van der Waals surface area contributed by atoms with E-state index in [1.54, 1.807) is 13.2 Å². The normalized spacial score (nSPS) is 11.8. The predicted octanol–water partition coefficient (Wildman–Crippen LogP) is 4.38. The Morgan fingerprint density at radius 3 is 2.13 bits per heavy atom. The van der Waals surface area contributed by atoms with Gasteiger partial charge in [-0.1, -0.05) is 66.7 Å². The van der Waals surface area contributed by atoms with Crippen LogP contribution in [0.25, 0.3) is 0 Å². The first-order valence-electron chi connectivity index (χ1n) is 12.6. The highest BCUT2D eigenvalue weighted by Gasteiger charge is 2.31. The number of amides is 3. The molecule has 1 N–H and O–H groups in total. The highest BCUT2D eigenvalue weighted by Crippen LogP contribution is 2.18. The maximum atomic E-state index is 13.0. The van der Waals surface area contributed by atoms with Crippen molar-refractivity contribution in [3.05, 3.63) is 102 Å². The van der Waals surface area contributed by atoms with Gasteiger partial charge in [-0.05, 0) is 44.0 Å². The number of aromatic nitrogens is 1. The molecule has 2 aromatic carbocycles. The van der Waals surface area contributed by atoms with Gasteiger partial charge in [0, 0.05) is 30.9 Å². The van der Waals surface area contributed by atoms with Crippen LogP contribution in [0.2, 0.25) is 0 Å². The van der Waals surface area contributed by atoms with Gasteiger partial charge in [0.2, 0.25) is 11.8 Å². The van der Waals surface area contributed by atoms with Crippen molar-refractivity contribution in [3.8, 4) is 0 Å². The quantitative estimate of drug-likeness (QED) is 0.432. The Bertz CT molecular complexity index is 1180. The van der Waals surface area contributed by atoms with Crippen LogP contribution < -0.4 is 5.32 Å². The molecule has 0 bridgehead atoms. The van der Waals surface area contributed by atoms with Crippen LogP contribution in [0, 0.1) is 0 Å². The number of rotatable bonds is 10. The number of carbonyl (C=O) groups is 3. The topological polar surface area (TPSA) is 91.8 Å². The molecule has 0 aliphatic carbocycles. The van der Waals surface area contributed by atoms with Gasteiger partial charge in [0.1, 0.15) is 13.2 Å². The van der Waals surface area contributed by atoms with Crippen LogP contribution in [-0.2, 0) is 27.4 Å². The molecule has 0 aliphatic heterocycles. The van der Waals surface area contributed by atoms with Gasteiger partial charge in [-0.15, -0.1) is 0 Å². The fourth-order valence-corrected chi connectivity index (χ4v) is 3.84. The molecule has 0 spiro atoms. The number of carbonyl (C=O) groups excluding carboxylic acids is 3. The number of nitrogens with one attached hydrogen (secondary N) is 1. The fraction of sp³-hybridized carbons (Fsp3) is 0.333. The van der Waals surface area contributed by atoms with Gasteiger partial charge in [-0.25, -0.2) is 4.79 Å². The van der Waals surface area contributed by atoms with Crippen molar-refractivity contribution < 1.29 is 19.1 Å². The van der Waals surface area contributed by atoms with E-state index in [1.165, 1.54) is 9.80 Å². The minimum Gasteiger partial charge on any atom is -0.445 e. The zero-order valence-electron chi connectivity index (χ0n) is 22.5. The third-order valence-corrected chi connectivity index (χ3v) is 6.01. The third kappa shape index (κ3) is 8.73. The van der Waals surface area contributed by atoms with Crippen molar-refractivity contribution >= 4 is 17.9 Å². The molecule has 1 aromatic heterocycles. The number of hydrogen-bond acceptors (Lipinski definition) is 5. The molecule has 3 amide bonds. The third-order valence-electron chi connectivity index (χ3n) is 6.01. The van der Waals surface area contributed by atoms with Gasteiger partial charge in [0.25, 0.3) is 0 Å². The van der Waals surface area contributed by atoms with Gasteiger partial charge >= 0.3 is 6.09 Å². The Morgan fingerprint density at radius 2 is 1.53 bits per heavy atom. The molecular formula is C30H36N4O4. The summed E-state index contributed by atoms with van der Waals surface area (Å²) in [6.45, 7) is 5.24. The van der Waals surface area contributed by atoms with Crippen LogP contribution in [0.1, 0.15) is 43.6 Å². The van der Waals surface area contributed by atoms with E-state index < -0.39 is 11.6 Å². The molecule has 3 aromatic rings. The van der Waals surface area contributed by atoms with Crippen molar-refractivity contribution in [2.24, 2.45) is 0 Å². The number of benzene rings is 2. The van der Waals surface area contributed by atoms with Gasteiger partial charge in [0.15, 0.2) is 0 Å². The van der Waals surface area contributed by atoms with E-state index in [9.17, 15) is 14.4 Å². The van der Waals surface area contributed by atoms with Crippen molar-refractivity contribution in [2.45, 2.75) is 45.4 Å². The maximum Gasteiger partial charge on any atom is 0.411 e. The van der Waals surface area contributed by atoms with Gasteiger partial charge in [-0.3, -0.25) is 19.5 Å². The second-order valence-electron chi connectivity index (χ2n) is 10.1. The van der Waals surface area contributed by atoms with Gasteiger partial charge in [0.05, 0.1) is 12.6 Å². The molecule has 0 saturated carbocycles. The van der Waals surface area contributed by atoms with Crippen LogP contribution in [-0.4, -0.2) is 58.4 Å². The molecule has 0 saturated heterocycles. The Balaban J connectivity index is 1.61. The second kappa shape index (κ2) is 13.4. The Morgan fingerprint density at radius 1 is 0.895 bits per heavy atom. The first kappa shape index (κ1) is 28.4. The maximum absolute atomic E-state index is 13.0. The molecule has 8 heteroatoms. The van der Waals surface area contributed by atoms with E-state index in [-0.39, 0.29) is 37.6 Å². The summed E-state index contributed by atoms with van der Waals surface area (Å²) in [4.78, 5) is 46.0. The number of nitrogens with zero attached hydrogens (tertiary/aromatic N) is 3. The smallest absolute Gasteiger partial charge is 0.411 e. The van der Waals surface area contributed by atoms with Crippen molar-refractivity contribution in [3.63, 3.8) is 0 Å². The minimum absolute atomic E-state index is 0.107. The molecule has 3 rings (SSSR count). The molecule has 0 aliphatic rings. The highest BCUT2D eigenvalue weighted by molar-refractivity contribution is 5.87. The molecule has 1 unspecified atom stereocenters. The van der Waals surface area contributed by atoms with Crippen molar-refractivity contribution in [2.75, 3.05) is 20.1 Å². The van der Waals surface area contributed by atoms with Crippen LogP contribution in [0.4, 0.5) is 4.79 Å². The molecule has 8 nitrogen and oxygen atoms in total. The summed E-state index contributed by atoms with van der Waals surface area (Å²) in [5.41, 5.74) is 1.99. The van der Waals surface area contributed by atoms with Crippen LogP contribution in [0.15, 0.2) is 85.1 Å². The summed E-state index contributed by atoms with van der Waals surface area (Å²) in [6.07, 6.45) is 1.64. The summed E-state index contributed by atoms with van der Waals surface area (Å²) in [5, 5.41) is 3.03. The Labute approximate surface area is 224 Å². The predicted molar refractivity (Wildman–Crippen MR) is 146 cm³/mol. The van der Waals surface area contributed by atoms with E-state index in [0.717, 1.165) is 16.8 Å². The standard InChI is InChI=1S/C30H36N4O4/c1-30(2,3)34(29(37)38-22-23-13-7-5-8-14-23)21-28(36)33(4)20-27(35)32-26(24-15-9-6-10-16-24)19-25-17-11-12-18-31-25/h5-18,26H,19-22H2,1-4H3,(H,32,35). The second-order valence-corrected chi connectivity index (χ2v) is 10.1. The highest BCUT2D eigenvalue weighted by atomic mass is 16.6. The SMILES string of the molecule is CN(CC(=O)NC(Cc1ccccn1)c1ccccc1)C(=O)CN(C(=O)OCc1ccccc1)C(C)(C)C. The first-order valence-corrected chi connectivity index (χ1v) is 12.6. The lowest BCUT2D eigenvalue weighted by Crippen LogP contribution is -2.51. The average molecular weight is 517 g/mol. The zero-order chi connectivity index (χ0) is 27.5. The van der Waals surface area contributed by atoms with E-state index in [4.69, 9.17) is 4.74 Å².